The van der Waals surface area contributed by atoms with Crippen molar-refractivity contribution < 1.29 is 24.5 Å². The smallest absolute Gasteiger partial charge is 0.139 e. The van der Waals surface area contributed by atoms with Gasteiger partial charge in [-0.2, -0.15) is 5.26 Å². The molecule has 7 rings (SSSR count). The van der Waals surface area contributed by atoms with E-state index in [-0.39, 0.29) is 20.1 Å². The molecule has 0 fully saturated rings. The van der Waals surface area contributed by atoms with E-state index < -0.39 is 0 Å². The Bertz CT molecular complexity index is 1940. The van der Waals surface area contributed by atoms with Gasteiger partial charge in [0.05, 0.1) is 5.58 Å². The molecule has 4 nitrogen and oxygen atoms in total. The Balaban J connectivity index is 0.000000204. The van der Waals surface area contributed by atoms with Crippen LogP contribution in [-0.2, 0) is 20.1 Å². The Morgan fingerprint density at radius 3 is 2.22 bits per heavy atom. The maximum atomic E-state index is 9.86. The number of nitrogens with zero attached hydrogens (tertiary/aromatic N) is 3. The summed E-state index contributed by atoms with van der Waals surface area (Å²) in [5.74, 6) is 0. The zero-order valence-corrected chi connectivity index (χ0v) is 24.5. The van der Waals surface area contributed by atoms with Gasteiger partial charge in [0, 0.05) is 43.4 Å². The molecular formula is C36H23IrN3O-2. The van der Waals surface area contributed by atoms with E-state index in [4.69, 9.17) is 4.42 Å². The van der Waals surface area contributed by atoms with E-state index in [2.05, 4.69) is 34.2 Å². The first kappa shape index (κ1) is 27.7. The van der Waals surface area contributed by atoms with Crippen LogP contribution in [0.5, 0.6) is 0 Å². The van der Waals surface area contributed by atoms with Crippen LogP contribution in [0.3, 0.4) is 0 Å². The molecule has 0 spiro atoms. The first-order chi connectivity index (χ1) is 19.7. The number of aryl methyl sites for hydroxylation is 1. The van der Waals surface area contributed by atoms with Gasteiger partial charge in [-0.25, -0.2) is 0 Å². The Hall–Kier alpha value is -4.88. The van der Waals surface area contributed by atoms with Crippen molar-refractivity contribution in [2.24, 2.45) is 0 Å². The third-order valence-corrected chi connectivity index (χ3v) is 6.62. The van der Waals surface area contributed by atoms with Crippen LogP contribution in [0, 0.1) is 30.4 Å². The summed E-state index contributed by atoms with van der Waals surface area (Å²) in [6.45, 7) is 2.03. The number of rotatable bonds is 3. The molecule has 0 saturated carbocycles. The molecule has 1 radical (unpaired) electrons. The van der Waals surface area contributed by atoms with E-state index in [1.165, 1.54) is 5.56 Å². The molecule has 0 unspecified atom stereocenters. The van der Waals surface area contributed by atoms with Crippen molar-refractivity contribution in [2.75, 3.05) is 0 Å². The molecule has 0 aliphatic carbocycles. The van der Waals surface area contributed by atoms with E-state index in [1.54, 1.807) is 6.20 Å². The van der Waals surface area contributed by atoms with Crippen LogP contribution in [-0.4, -0.2) is 9.97 Å². The van der Waals surface area contributed by atoms with Crippen LogP contribution in [0.4, 0.5) is 0 Å². The number of pyridine rings is 2. The second-order valence-corrected chi connectivity index (χ2v) is 9.25. The van der Waals surface area contributed by atoms with Gasteiger partial charge in [-0.3, -0.25) is 0 Å². The van der Waals surface area contributed by atoms with Crippen molar-refractivity contribution in [2.45, 2.75) is 6.92 Å². The normalized spacial score (nSPS) is 10.3. The molecule has 199 valence electrons. The number of hydrogen-bond acceptors (Lipinski definition) is 4. The molecule has 0 bridgehead atoms. The largest absolute Gasteiger partial charge is 0.499 e. The molecule has 0 aliphatic rings. The Morgan fingerprint density at radius 1 is 0.707 bits per heavy atom. The van der Waals surface area contributed by atoms with Gasteiger partial charge in [0.15, 0.2) is 0 Å². The minimum absolute atomic E-state index is 0. The van der Waals surface area contributed by atoms with Crippen LogP contribution >= 0.6 is 0 Å². The van der Waals surface area contributed by atoms with Gasteiger partial charge in [-0.15, -0.1) is 54.1 Å². The average molecular weight is 706 g/mol. The predicted octanol–water partition coefficient (Wildman–Crippen LogP) is 8.84. The maximum Gasteiger partial charge on any atom is 0.139 e. The first-order valence-corrected chi connectivity index (χ1v) is 12.9. The van der Waals surface area contributed by atoms with Crippen molar-refractivity contribution in [3.63, 3.8) is 0 Å². The minimum Gasteiger partial charge on any atom is -0.499 e. The number of nitriles is 1. The van der Waals surface area contributed by atoms with Crippen LogP contribution < -0.4 is 0 Å². The third kappa shape index (κ3) is 5.71. The first-order valence-electron chi connectivity index (χ1n) is 12.9. The van der Waals surface area contributed by atoms with E-state index in [1.807, 2.05) is 116 Å². The van der Waals surface area contributed by atoms with E-state index in [0.717, 1.165) is 44.4 Å². The maximum absolute atomic E-state index is 9.86. The monoisotopic (exact) mass is 706 g/mol. The summed E-state index contributed by atoms with van der Waals surface area (Å²) in [6, 6.07) is 44.1. The summed E-state index contributed by atoms with van der Waals surface area (Å²) in [5.41, 5.74) is 8.51. The van der Waals surface area contributed by atoms with Gasteiger partial charge < -0.3 is 14.4 Å². The standard InChI is InChI=1S/C24H13N2O.C12H10N.Ir/c25-15-21-17(16-7-2-1-3-8-16)12-13-19-18-9-6-10-20(23(18)27-24(19)21)22-11-4-5-14-26-22;1-10-7-8-12(13-9-10)11-5-3-2-4-6-11;/h1-9,11-14H;2-5,7-9H,1H3;/q2*-1;. The van der Waals surface area contributed by atoms with Crippen LogP contribution in [0.1, 0.15) is 11.1 Å². The van der Waals surface area contributed by atoms with Gasteiger partial charge in [0.2, 0.25) is 0 Å². The Labute approximate surface area is 252 Å². The third-order valence-electron chi connectivity index (χ3n) is 6.62. The summed E-state index contributed by atoms with van der Waals surface area (Å²) < 4.78 is 6.23. The quantitative estimate of drug-likeness (QED) is 0.173. The van der Waals surface area contributed by atoms with Crippen molar-refractivity contribution in [1.82, 2.24) is 9.97 Å². The van der Waals surface area contributed by atoms with E-state index in [0.29, 0.717) is 16.7 Å². The number of furan rings is 1. The molecule has 0 N–H and O–H groups in total. The fourth-order valence-corrected chi connectivity index (χ4v) is 4.66. The fraction of sp³-hybridized carbons (Fsp3) is 0.0278. The van der Waals surface area contributed by atoms with E-state index in [9.17, 15) is 5.26 Å². The molecule has 4 aromatic carbocycles. The zero-order valence-electron chi connectivity index (χ0n) is 22.1. The van der Waals surface area contributed by atoms with Crippen LogP contribution in [0.2, 0.25) is 0 Å². The number of benzene rings is 4. The van der Waals surface area contributed by atoms with Gasteiger partial charge in [0.25, 0.3) is 0 Å². The molecule has 0 aliphatic heterocycles. The van der Waals surface area contributed by atoms with Crippen molar-refractivity contribution in [3.05, 3.63) is 145 Å². The Kier molecular flexibility index (Phi) is 8.46. The minimum atomic E-state index is 0. The molecule has 0 saturated heterocycles. The molecular weight excluding hydrogens is 683 g/mol. The molecule has 3 aromatic heterocycles. The van der Waals surface area contributed by atoms with Gasteiger partial charge in [-0.05, 0) is 35.5 Å². The molecule has 3 heterocycles. The number of hydrogen-bond donors (Lipinski definition) is 0. The average Bonchev–Trinajstić information content (AvgIpc) is 3.42. The van der Waals surface area contributed by atoms with Gasteiger partial charge in [0.1, 0.15) is 17.2 Å². The summed E-state index contributed by atoms with van der Waals surface area (Å²) in [4.78, 5) is 8.74. The van der Waals surface area contributed by atoms with Crippen LogP contribution in [0.25, 0.3) is 55.6 Å². The number of aromatic nitrogens is 2. The molecule has 41 heavy (non-hydrogen) atoms. The molecule has 0 amide bonds. The van der Waals surface area contributed by atoms with E-state index >= 15 is 0 Å². The summed E-state index contributed by atoms with van der Waals surface area (Å²) in [5, 5.41) is 11.7. The molecule has 0 atom stereocenters. The summed E-state index contributed by atoms with van der Waals surface area (Å²) in [7, 11) is 0. The predicted molar refractivity (Wildman–Crippen MR) is 159 cm³/mol. The van der Waals surface area contributed by atoms with Crippen molar-refractivity contribution >= 4 is 21.9 Å². The second-order valence-electron chi connectivity index (χ2n) is 9.25. The molecule has 7 aromatic rings. The second kappa shape index (κ2) is 12.5. The van der Waals surface area contributed by atoms with Crippen molar-refractivity contribution in [3.8, 4) is 39.7 Å². The Morgan fingerprint density at radius 2 is 1.51 bits per heavy atom. The summed E-state index contributed by atoms with van der Waals surface area (Å²) >= 11 is 0. The fourth-order valence-electron chi connectivity index (χ4n) is 4.66. The number of fused-ring (bicyclic) bond motifs is 3. The SMILES string of the molecule is Cc1ccc(-c2[c-]cccc2)nc1.N#Cc1c(-c2ccccc2)ccc2c1oc1c(-c3ccccn3)[c-]ccc12.[Ir]. The van der Waals surface area contributed by atoms with Crippen LogP contribution in [0.15, 0.2) is 126 Å². The van der Waals surface area contributed by atoms with Gasteiger partial charge >= 0.3 is 0 Å². The van der Waals surface area contributed by atoms with Crippen molar-refractivity contribution in [1.29, 1.82) is 5.26 Å². The topological polar surface area (TPSA) is 62.7 Å². The summed E-state index contributed by atoms with van der Waals surface area (Å²) in [6.07, 6.45) is 3.62. The molecule has 5 heteroatoms. The van der Waals surface area contributed by atoms with Gasteiger partial charge in [-0.1, -0.05) is 77.7 Å². The zero-order chi connectivity index (χ0) is 27.3.